The van der Waals surface area contributed by atoms with Gasteiger partial charge in [-0.2, -0.15) is 0 Å². The normalized spacial score (nSPS) is 20.9. The Bertz CT molecular complexity index is 737. The summed E-state index contributed by atoms with van der Waals surface area (Å²) in [6.45, 7) is 5.63. The summed E-state index contributed by atoms with van der Waals surface area (Å²) in [4.78, 5) is 23.3. The molecule has 3 unspecified atom stereocenters. The van der Waals surface area contributed by atoms with Crippen molar-refractivity contribution in [2.24, 2.45) is 5.41 Å². The van der Waals surface area contributed by atoms with Gasteiger partial charge in [-0.1, -0.05) is 20.3 Å². The lowest BCUT2D eigenvalue weighted by Crippen LogP contribution is -2.32. The van der Waals surface area contributed by atoms with Crippen molar-refractivity contribution in [3.05, 3.63) is 33.4 Å². The van der Waals surface area contributed by atoms with E-state index < -0.39 is 22.7 Å². The number of aliphatic hydroxyl groups is 1. The molecular formula is C20H29NO8. The highest BCUT2D eigenvalue weighted by Crippen LogP contribution is 2.38. The van der Waals surface area contributed by atoms with E-state index in [9.17, 15) is 20.0 Å². The SMILES string of the molecule is CCCC(C)(CC)C(=O)OCC1COC(c2cc(CO)c(OC)cc2[N+](=O)[O-])O1. The van der Waals surface area contributed by atoms with Crippen molar-refractivity contribution < 1.29 is 33.8 Å². The fraction of sp³-hybridized carbons (Fsp3) is 0.650. The molecule has 1 aliphatic heterocycles. The molecule has 1 aromatic rings. The first-order valence-electron chi connectivity index (χ1n) is 9.69. The van der Waals surface area contributed by atoms with Gasteiger partial charge in [-0.3, -0.25) is 14.9 Å². The second kappa shape index (κ2) is 10.00. The van der Waals surface area contributed by atoms with Crippen LogP contribution < -0.4 is 4.74 Å². The molecule has 1 saturated heterocycles. The molecule has 1 fully saturated rings. The number of carbonyl (C=O) groups is 1. The highest BCUT2D eigenvalue weighted by molar-refractivity contribution is 5.76. The van der Waals surface area contributed by atoms with Crippen LogP contribution in [0.2, 0.25) is 0 Å². The summed E-state index contributed by atoms with van der Waals surface area (Å²) in [5.74, 6) is -0.0758. The van der Waals surface area contributed by atoms with Crippen LogP contribution in [0, 0.1) is 15.5 Å². The fourth-order valence-corrected chi connectivity index (χ4v) is 3.31. The number of benzene rings is 1. The number of carbonyl (C=O) groups excluding carboxylic acids is 1. The van der Waals surface area contributed by atoms with Crippen LogP contribution in [0.1, 0.15) is 57.5 Å². The first-order valence-corrected chi connectivity index (χ1v) is 9.69. The number of nitro groups is 1. The Kier molecular flexibility index (Phi) is 7.95. The fourth-order valence-electron chi connectivity index (χ4n) is 3.31. The largest absolute Gasteiger partial charge is 0.496 e. The highest BCUT2D eigenvalue weighted by atomic mass is 16.7. The Morgan fingerprint density at radius 3 is 2.69 bits per heavy atom. The van der Waals surface area contributed by atoms with Crippen LogP contribution in [-0.4, -0.2) is 42.4 Å². The average Bonchev–Trinajstić information content (AvgIpc) is 3.19. The second-order valence-electron chi connectivity index (χ2n) is 7.32. The van der Waals surface area contributed by atoms with Gasteiger partial charge in [0.1, 0.15) is 18.5 Å². The maximum Gasteiger partial charge on any atom is 0.311 e. The highest BCUT2D eigenvalue weighted by Gasteiger charge is 2.36. The van der Waals surface area contributed by atoms with E-state index in [2.05, 4.69) is 0 Å². The molecule has 1 aromatic carbocycles. The lowest BCUT2D eigenvalue weighted by atomic mass is 9.83. The molecule has 162 valence electrons. The van der Waals surface area contributed by atoms with E-state index in [0.717, 1.165) is 12.8 Å². The molecule has 9 nitrogen and oxygen atoms in total. The van der Waals surface area contributed by atoms with Gasteiger partial charge in [0, 0.05) is 5.56 Å². The van der Waals surface area contributed by atoms with Crippen LogP contribution in [0.3, 0.4) is 0 Å². The third-order valence-electron chi connectivity index (χ3n) is 5.28. The number of rotatable bonds is 10. The summed E-state index contributed by atoms with van der Waals surface area (Å²) in [7, 11) is 1.37. The van der Waals surface area contributed by atoms with Crippen LogP contribution in [0.5, 0.6) is 5.75 Å². The van der Waals surface area contributed by atoms with Gasteiger partial charge in [-0.15, -0.1) is 0 Å². The van der Waals surface area contributed by atoms with Crippen molar-refractivity contribution in [3.63, 3.8) is 0 Å². The maximum atomic E-state index is 12.4. The number of methoxy groups -OCH3 is 1. The van der Waals surface area contributed by atoms with Gasteiger partial charge in [0.2, 0.25) is 0 Å². The molecular weight excluding hydrogens is 382 g/mol. The van der Waals surface area contributed by atoms with Crippen LogP contribution in [0.4, 0.5) is 5.69 Å². The van der Waals surface area contributed by atoms with Gasteiger partial charge < -0.3 is 24.1 Å². The van der Waals surface area contributed by atoms with Crippen LogP contribution in [0.25, 0.3) is 0 Å². The zero-order valence-corrected chi connectivity index (χ0v) is 17.3. The zero-order valence-electron chi connectivity index (χ0n) is 17.3. The minimum Gasteiger partial charge on any atom is -0.496 e. The average molecular weight is 411 g/mol. The molecule has 1 heterocycles. The molecule has 0 aliphatic carbocycles. The Morgan fingerprint density at radius 1 is 1.41 bits per heavy atom. The topological polar surface area (TPSA) is 117 Å². The Hall–Kier alpha value is -2.23. The van der Waals surface area contributed by atoms with Crippen molar-refractivity contribution in [1.82, 2.24) is 0 Å². The number of nitro benzene ring substituents is 1. The van der Waals surface area contributed by atoms with E-state index >= 15 is 0 Å². The van der Waals surface area contributed by atoms with E-state index in [4.69, 9.17) is 18.9 Å². The van der Waals surface area contributed by atoms with Crippen molar-refractivity contribution >= 4 is 11.7 Å². The molecule has 1 aliphatic rings. The predicted molar refractivity (Wildman–Crippen MR) is 103 cm³/mol. The number of ether oxygens (including phenoxy) is 4. The monoisotopic (exact) mass is 411 g/mol. The van der Waals surface area contributed by atoms with Crippen molar-refractivity contribution in [3.8, 4) is 5.75 Å². The quantitative estimate of drug-likeness (QED) is 0.354. The number of hydrogen-bond donors (Lipinski definition) is 1. The molecule has 3 atom stereocenters. The molecule has 0 spiro atoms. The summed E-state index contributed by atoms with van der Waals surface area (Å²) in [5, 5.41) is 21.0. The van der Waals surface area contributed by atoms with E-state index in [1.807, 2.05) is 20.8 Å². The number of esters is 1. The van der Waals surface area contributed by atoms with Gasteiger partial charge in [0.25, 0.3) is 5.69 Å². The number of aliphatic hydroxyl groups excluding tert-OH is 1. The summed E-state index contributed by atoms with van der Waals surface area (Å²) >= 11 is 0. The molecule has 0 saturated carbocycles. The lowest BCUT2D eigenvalue weighted by Gasteiger charge is -2.25. The van der Waals surface area contributed by atoms with Crippen molar-refractivity contribution in [2.75, 3.05) is 20.3 Å². The molecule has 0 amide bonds. The number of nitrogens with zero attached hydrogens (tertiary/aromatic N) is 1. The van der Waals surface area contributed by atoms with E-state index in [1.54, 1.807) is 0 Å². The number of hydrogen-bond acceptors (Lipinski definition) is 8. The Balaban J connectivity index is 2.09. The molecule has 0 bridgehead atoms. The first-order chi connectivity index (χ1) is 13.8. The Labute approximate surface area is 170 Å². The van der Waals surface area contributed by atoms with Crippen molar-refractivity contribution in [1.29, 1.82) is 0 Å². The zero-order chi connectivity index (χ0) is 21.6. The smallest absolute Gasteiger partial charge is 0.311 e. The molecule has 0 aromatic heterocycles. The maximum absolute atomic E-state index is 12.4. The summed E-state index contributed by atoms with van der Waals surface area (Å²) in [5.41, 5.74) is -0.215. The van der Waals surface area contributed by atoms with Gasteiger partial charge in [0.15, 0.2) is 6.29 Å². The predicted octanol–water partition coefficient (Wildman–Crippen LogP) is 3.27. The van der Waals surface area contributed by atoms with Crippen LogP contribution in [0.15, 0.2) is 12.1 Å². The third kappa shape index (κ3) is 5.23. The van der Waals surface area contributed by atoms with Crippen molar-refractivity contribution in [2.45, 2.75) is 59.0 Å². The summed E-state index contributed by atoms with van der Waals surface area (Å²) in [6, 6.07) is 2.67. The van der Waals surface area contributed by atoms with E-state index in [-0.39, 0.29) is 42.8 Å². The second-order valence-corrected chi connectivity index (χ2v) is 7.32. The third-order valence-corrected chi connectivity index (χ3v) is 5.28. The Morgan fingerprint density at radius 2 is 2.14 bits per heavy atom. The van der Waals surface area contributed by atoms with Gasteiger partial charge >= 0.3 is 5.97 Å². The summed E-state index contributed by atoms with van der Waals surface area (Å²) < 4.78 is 21.8. The van der Waals surface area contributed by atoms with E-state index in [1.165, 1.54) is 19.2 Å². The van der Waals surface area contributed by atoms with E-state index in [0.29, 0.717) is 12.0 Å². The minimum absolute atomic E-state index is 0.00540. The lowest BCUT2D eigenvalue weighted by molar-refractivity contribution is -0.386. The molecule has 29 heavy (non-hydrogen) atoms. The molecule has 9 heteroatoms. The molecule has 2 rings (SSSR count). The molecule has 1 N–H and O–H groups in total. The van der Waals surface area contributed by atoms with Crippen LogP contribution >= 0.6 is 0 Å². The van der Waals surface area contributed by atoms with Gasteiger partial charge in [0.05, 0.1) is 42.3 Å². The molecule has 0 radical (unpaired) electrons. The summed E-state index contributed by atoms with van der Waals surface area (Å²) in [6.07, 6.45) is 0.745. The standard InChI is InChI=1S/C20H29NO8/c1-5-7-20(3,6-2)19(23)28-12-14-11-27-18(29-14)15-8-13(10-22)17(26-4)9-16(15)21(24)25/h8-9,14,18,22H,5-7,10-12H2,1-4H3. The van der Waals surface area contributed by atoms with Crippen LogP contribution in [-0.2, 0) is 25.6 Å². The minimum atomic E-state index is -0.997. The van der Waals surface area contributed by atoms with Gasteiger partial charge in [-0.05, 0) is 25.8 Å². The first kappa shape index (κ1) is 23.1. The van der Waals surface area contributed by atoms with Gasteiger partial charge in [-0.25, -0.2) is 0 Å².